The average Bonchev–Trinajstić information content (AvgIpc) is 2.17. The van der Waals surface area contributed by atoms with E-state index in [-0.39, 0.29) is 5.41 Å². The molecule has 1 nitrogen and oxygen atoms in total. The predicted octanol–water partition coefficient (Wildman–Crippen LogP) is 4.01. The minimum Gasteiger partial charge on any atom is -0.315 e. The number of rotatable bonds is 3. The van der Waals surface area contributed by atoms with Crippen molar-refractivity contribution in [3.8, 4) is 0 Å². The van der Waals surface area contributed by atoms with Crippen LogP contribution < -0.4 is 5.32 Å². The van der Waals surface area contributed by atoms with E-state index in [0.29, 0.717) is 5.41 Å². The molecule has 1 aromatic rings. The summed E-state index contributed by atoms with van der Waals surface area (Å²) in [4.78, 5) is 0. The topological polar surface area (TPSA) is 12.0 Å². The van der Waals surface area contributed by atoms with Crippen molar-refractivity contribution in [1.82, 2.24) is 5.32 Å². The number of benzene rings is 1. The molecule has 0 aliphatic carbocycles. The lowest BCUT2D eigenvalue weighted by Gasteiger charge is -2.45. The fourth-order valence-electron chi connectivity index (χ4n) is 2.43. The minimum absolute atomic E-state index is 0.269. The maximum Gasteiger partial charge on any atom is 0.0444 e. The fraction of sp³-hybridized carbons (Fsp3) is 0.600. The molecule has 0 amide bonds. The van der Waals surface area contributed by atoms with Gasteiger partial charge in [0, 0.05) is 23.5 Å². The normalized spacial score (nSPS) is 18.8. The van der Waals surface area contributed by atoms with Crippen LogP contribution in [0.5, 0.6) is 0 Å². The molecule has 1 fully saturated rings. The van der Waals surface area contributed by atoms with Crippen LogP contribution in [0.1, 0.15) is 39.2 Å². The molecule has 0 unspecified atom stereocenters. The third-order valence-corrected chi connectivity index (χ3v) is 4.06. The van der Waals surface area contributed by atoms with Crippen molar-refractivity contribution in [2.75, 3.05) is 13.1 Å². The van der Waals surface area contributed by atoms with Crippen molar-refractivity contribution in [1.29, 1.82) is 0 Å². The van der Waals surface area contributed by atoms with E-state index in [1.54, 1.807) is 0 Å². The molecule has 1 heterocycles. The third kappa shape index (κ3) is 2.83. The standard InChI is InChI=1S/C15H22ClN/c1-14(2,3)8-9-15(10-17-11-15)12-6-4-5-7-13(12)16/h4-7,17H,8-11H2,1-3H3. The zero-order valence-corrected chi connectivity index (χ0v) is 11.8. The summed E-state index contributed by atoms with van der Waals surface area (Å²) in [6.45, 7) is 9.04. The van der Waals surface area contributed by atoms with Gasteiger partial charge in [-0.1, -0.05) is 50.6 Å². The number of nitrogens with one attached hydrogen (secondary N) is 1. The van der Waals surface area contributed by atoms with Crippen molar-refractivity contribution >= 4 is 11.6 Å². The van der Waals surface area contributed by atoms with Crippen LogP contribution in [-0.2, 0) is 5.41 Å². The molecule has 0 spiro atoms. The van der Waals surface area contributed by atoms with Crippen molar-refractivity contribution in [3.05, 3.63) is 34.9 Å². The minimum atomic E-state index is 0.269. The van der Waals surface area contributed by atoms with E-state index in [1.807, 2.05) is 12.1 Å². The van der Waals surface area contributed by atoms with Crippen LogP contribution in [0.2, 0.25) is 5.02 Å². The average molecular weight is 252 g/mol. The highest BCUT2D eigenvalue weighted by molar-refractivity contribution is 6.31. The van der Waals surface area contributed by atoms with Gasteiger partial charge in [0.1, 0.15) is 0 Å². The van der Waals surface area contributed by atoms with Crippen LogP contribution >= 0.6 is 11.6 Å². The van der Waals surface area contributed by atoms with Crippen LogP contribution in [0, 0.1) is 5.41 Å². The van der Waals surface area contributed by atoms with E-state index < -0.39 is 0 Å². The van der Waals surface area contributed by atoms with E-state index in [9.17, 15) is 0 Å². The molecule has 0 radical (unpaired) electrons. The first-order valence-corrected chi connectivity index (χ1v) is 6.77. The number of hydrogen-bond donors (Lipinski definition) is 1. The first-order chi connectivity index (χ1) is 7.93. The van der Waals surface area contributed by atoms with E-state index in [0.717, 1.165) is 18.1 Å². The SMILES string of the molecule is CC(C)(C)CCC1(c2ccccc2Cl)CNC1. The van der Waals surface area contributed by atoms with Gasteiger partial charge in [0.15, 0.2) is 0 Å². The molecule has 0 aromatic heterocycles. The van der Waals surface area contributed by atoms with E-state index in [2.05, 4.69) is 38.2 Å². The van der Waals surface area contributed by atoms with Crippen molar-refractivity contribution < 1.29 is 0 Å². The number of hydrogen-bond acceptors (Lipinski definition) is 1. The molecule has 1 aliphatic rings. The third-order valence-electron chi connectivity index (χ3n) is 3.73. The summed E-state index contributed by atoms with van der Waals surface area (Å²) in [6, 6.07) is 8.30. The van der Waals surface area contributed by atoms with Crippen LogP contribution in [-0.4, -0.2) is 13.1 Å². The zero-order chi connectivity index (χ0) is 12.5. The molecule has 17 heavy (non-hydrogen) atoms. The summed E-state index contributed by atoms with van der Waals surface area (Å²) in [7, 11) is 0. The van der Waals surface area contributed by atoms with Gasteiger partial charge < -0.3 is 5.32 Å². The molecule has 2 heteroatoms. The molecule has 1 aromatic carbocycles. The molecule has 1 N–H and O–H groups in total. The first-order valence-electron chi connectivity index (χ1n) is 6.39. The van der Waals surface area contributed by atoms with Crippen molar-refractivity contribution in [2.24, 2.45) is 5.41 Å². The zero-order valence-electron chi connectivity index (χ0n) is 11.0. The Morgan fingerprint density at radius 3 is 2.35 bits per heavy atom. The van der Waals surface area contributed by atoms with Gasteiger partial charge in [0.2, 0.25) is 0 Å². The van der Waals surface area contributed by atoms with Gasteiger partial charge in [-0.05, 0) is 29.9 Å². The molecular weight excluding hydrogens is 230 g/mol. The van der Waals surface area contributed by atoms with Gasteiger partial charge in [-0.15, -0.1) is 0 Å². The Morgan fingerprint density at radius 1 is 1.24 bits per heavy atom. The molecule has 94 valence electrons. The summed E-state index contributed by atoms with van der Waals surface area (Å²) in [5.74, 6) is 0. The maximum atomic E-state index is 6.34. The van der Waals surface area contributed by atoms with Gasteiger partial charge >= 0.3 is 0 Å². The molecule has 2 rings (SSSR count). The number of halogens is 1. The predicted molar refractivity (Wildman–Crippen MR) is 74.7 cm³/mol. The van der Waals surface area contributed by atoms with Crippen molar-refractivity contribution in [2.45, 2.75) is 39.0 Å². The van der Waals surface area contributed by atoms with E-state index in [1.165, 1.54) is 18.4 Å². The summed E-state index contributed by atoms with van der Waals surface area (Å²) in [6.07, 6.45) is 2.45. The Hall–Kier alpha value is -0.530. The second kappa shape index (κ2) is 4.62. The van der Waals surface area contributed by atoms with Crippen molar-refractivity contribution in [3.63, 3.8) is 0 Å². The Kier molecular flexibility index (Phi) is 3.51. The van der Waals surface area contributed by atoms with Gasteiger partial charge in [0.25, 0.3) is 0 Å². The Labute approximate surface area is 110 Å². The van der Waals surface area contributed by atoms with Crippen LogP contribution in [0.3, 0.4) is 0 Å². The molecule has 0 saturated carbocycles. The lowest BCUT2D eigenvalue weighted by atomic mass is 9.69. The monoisotopic (exact) mass is 251 g/mol. The molecule has 1 saturated heterocycles. The second-order valence-corrected chi connectivity index (χ2v) is 6.83. The van der Waals surface area contributed by atoms with Crippen LogP contribution in [0.15, 0.2) is 24.3 Å². The lowest BCUT2D eigenvalue weighted by Crippen LogP contribution is -2.57. The lowest BCUT2D eigenvalue weighted by molar-refractivity contribution is 0.216. The summed E-state index contributed by atoms with van der Waals surface area (Å²) in [5.41, 5.74) is 1.99. The molecular formula is C15H22ClN. The summed E-state index contributed by atoms with van der Waals surface area (Å²) in [5, 5.41) is 4.32. The van der Waals surface area contributed by atoms with E-state index >= 15 is 0 Å². The highest BCUT2D eigenvalue weighted by Gasteiger charge is 2.40. The largest absolute Gasteiger partial charge is 0.315 e. The smallest absolute Gasteiger partial charge is 0.0444 e. The molecule has 0 atom stereocenters. The summed E-state index contributed by atoms with van der Waals surface area (Å²) < 4.78 is 0. The molecule has 1 aliphatic heterocycles. The second-order valence-electron chi connectivity index (χ2n) is 6.42. The van der Waals surface area contributed by atoms with Crippen LogP contribution in [0.4, 0.5) is 0 Å². The Balaban J connectivity index is 2.18. The summed E-state index contributed by atoms with van der Waals surface area (Å²) >= 11 is 6.34. The first kappa shape index (κ1) is 12.9. The van der Waals surface area contributed by atoms with Crippen LogP contribution in [0.25, 0.3) is 0 Å². The van der Waals surface area contributed by atoms with Gasteiger partial charge in [-0.3, -0.25) is 0 Å². The van der Waals surface area contributed by atoms with E-state index in [4.69, 9.17) is 11.6 Å². The van der Waals surface area contributed by atoms with Gasteiger partial charge in [-0.2, -0.15) is 0 Å². The quantitative estimate of drug-likeness (QED) is 0.856. The fourth-order valence-corrected chi connectivity index (χ4v) is 2.77. The Morgan fingerprint density at radius 2 is 1.88 bits per heavy atom. The molecule has 0 bridgehead atoms. The van der Waals surface area contributed by atoms with Gasteiger partial charge in [0.05, 0.1) is 0 Å². The Bertz CT molecular complexity index is 388. The highest BCUT2D eigenvalue weighted by atomic mass is 35.5. The van der Waals surface area contributed by atoms with Gasteiger partial charge in [-0.25, -0.2) is 0 Å². The maximum absolute atomic E-state index is 6.34. The highest BCUT2D eigenvalue weighted by Crippen LogP contribution is 2.40.